The largest absolute Gasteiger partial charge is 0.326 e. The van der Waals surface area contributed by atoms with Crippen molar-refractivity contribution in [3.05, 3.63) is 64.5 Å². The topological polar surface area (TPSA) is 66.5 Å². The van der Waals surface area contributed by atoms with Crippen LogP contribution in [0.25, 0.3) is 0 Å². The number of carbonyl (C=O) groups is 3. The molecule has 0 spiro atoms. The zero-order chi connectivity index (χ0) is 19.6. The number of nitrogens with zero attached hydrogens (tertiary/aromatic N) is 1. The molecule has 0 bridgehead atoms. The maximum Gasteiger partial charge on any atom is 0.264 e. The van der Waals surface area contributed by atoms with E-state index < -0.39 is 17.6 Å². The van der Waals surface area contributed by atoms with Crippen LogP contribution in [0, 0.1) is 5.82 Å². The number of carbonyl (C=O) groups excluding carboxylic acids is 3. The second-order valence-corrected chi connectivity index (χ2v) is 6.38. The third-order valence-electron chi connectivity index (χ3n) is 4.77. The number of hydrogen-bond donors (Lipinski definition) is 1. The van der Waals surface area contributed by atoms with Gasteiger partial charge in [-0.05, 0) is 36.1 Å². The Kier molecular flexibility index (Phi) is 5.35. The van der Waals surface area contributed by atoms with Crippen molar-refractivity contribution in [2.75, 3.05) is 11.9 Å². The van der Waals surface area contributed by atoms with Gasteiger partial charge in [-0.2, -0.15) is 0 Å². The van der Waals surface area contributed by atoms with Gasteiger partial charge in [0.25, 0.3) is 11.8 Å². The Morgan fingerprint density at radius 3 is 2.22 bits per heavy atom. The van der Waals surface area contributed by atoms with Gasteiger partial charge in [-0.25, -0.2) is 4.39 Å². The predicted octanol–water partition coefficient (Wildman–Crippen LogP) is 3.58. The van der Waals surface area contributed by atoms with Crippen molar-refractivity contribution in [2.24, 2.45) is 0 Å². The number of para-hydroxylation sites is 1. The van der Waals surface area contributed by atoms with Gasteiger partial charge in [-0.3, -0.25) is 19.3 Å². The SMILES string of the molecule is CCc1cccc(CC)c1NC(=O)CCN1C(=O)c2cccc(F)c2C1=O. The van der Waals surface area contributed by atoms with Gasteiger partial charge in [0.05, 0.1) is 11.1 Å². The van der Waals surface area contributed by atoms with Crippen molar-refractivity contribution in [1.29, 1.82) is 0 Å². The fraction of sp³-hybridized carbons (Fsp3) is 0.286. The standard InChI is InChI=1S/C21H21FN2O3/c1-3-13-7-5-8-14(4-2)19(13)23-17(25)11-12-24-20(26)15-9-6-10-16(22)18(15)21(24)27/h5-10H,3-4,11-12H2,1-2H3,(H,23,25). The van der Waals surface area contributed by atoms with E-state index in [1.807, 2.05) is 32.0 Å². The van der Waals surface area contributed by atoms with Gasteiger partial charge in [0, 0.05) is 18.7 Å². The number of anilines is 1. The summed E-state index contributed by atoms with van der Waals surface area (Å²) in [6.45, 7) is 3.93. The first kappa shape index (κ1) is 18.8. The van der Waals surface area contributed by atoms with Crippen LogP contribution < -0.4 is 5.32 Å². The van der Waals surface area contributed by atoms with E-state index in [1.54, 1.807) is 0 Å². The van der Waals surface area contributed by atoms with Gasteiger partial charge < -0.3 is 5.32 Å². The summed E-state index contributed by atoms with van der Waals surface area (Å²) in [6, 6.07) is 9.84. The number of fused-ring (bicyclic) bond motifs is 1. The minimum absolute atomic E-state index is 0.0463. The molecule has 27 heavy (non-hydrogen) atoms. The third kappa shape index (κ3) is 3.47. The molecule has 0 saturated heterocycles. The zero-order valence-electron chi connectivity index (χ0n) is 15.3. The highest BCUT2D eigenvalue weighted by Crippen LogP contribution is 2.26. The van der Waals surface area contributed by atoms with E-state index in [0.717, 1.165) is 40.6 Å². The molecule has 0 aliphatic carbocycles. The summed E-state index contributed by atoms with van der Waals surface area (Å²) in [7, 11) is 0. The van der Waals surface area contributed by atoms with Crippen LogP contribution in [0.2, 0.25) is 0 Å². The fourth-order valence-corrected chi connectivity index (χ4v) is 3.31. The summed E-state index contributed by atoms with van der Waals surface area (Å²) in [4.78, 5) is 38.0. The van der Waals surface area contributed by atoms with Crippen molar-refractivity contribution in [3.63, 3.8) is 0 Å². The Morgan fingerprint density at radius 1 is 1.00 bits per heavy atom. The first-order valence-electron chi connectivity index (χ1n) is 9.03. The van der Waals surface area contributed by atoms with Crippen molar-refractivity contribution in [2.45, 2.75) is 33.1 Å². The van der Waals surface area contributed by atoms with Crippen molar-refractivity contribution >= 4 is 23.4 Å². The first-order valence-corrected chi connectivity index (χ1v) is 9.03. The number of amides is 3. The molecule has 1 N–H and O–H groups in total. The Labute approximate surface area is 157 Å². The highest BCUT2D eigenvalue weighted by molar-refractivity contribution is 6.21. The lowest BCUT2D eigenvalue weighted by Crippen LogP contribution is -2.33. The Hall–Kier alpha value is -3.02. The molecule has 0 aromatic heterocycles. The second-order valence-electron chi connectivity index (χ2n) is 6.38. The summed E-state index contributed by atoms with van der Waals surface area (Å²) in [5.74, 6) is -2.26. The van der Waals surface area contributed by atoms with Crippen LogP contribution in [0.15, 0.2) is 36.4 Å². The molecular weight excluding hydrogens is 347 g/mol. The lowest BCUT2D eigenvalue weighted by molar-refractivity contribution is -0.116. The number of rotatable bonds is 6. The van der Waals surface area contributed by atoms with E-state index in [0.29, 0.717) is 0 Å². The monoisotopic (exact) mass is 368 g/mol. The molecule has 1 aliphatic heterocycles. The van der Waals surface area contributed by atoms with Gasteiger partial charge in [0.1, 0.15) is 5.82 Å². The van der Waals surface area contributed by atoms with Crippen LogP contribution in [0.5, 0.6) is 0 Å². The molecule has 140 valence electrons. The van der Waals surface area contributed by atoms with E-state index in [-0.39, 0.29) is 30.0 Å². The van der Waals surface area contributed by atoms with E-state index in [4.69, 9.17) is 0 Å². The van der Waals surface area contributed by atoms with E-state index in [1.165, 1.54) is 12.1 Å². The molecule has 0 saturated carbocycles. The summed E-state index contributed by atoms with van der Waals surface area (Å²) < 4.78 is 13.9. The Balaban J connectivity index is 1.70. The predicted molar refractivity (Wildman–Crippen MR) is 100 cm³/mol. The summed E-state index contributed by atoms with van der Waals surface area (Å²) in [6.07, 6.45) is 1.51. The average Bonchev–Trinajstić information content (AvgIpc) is 2.91. The van der Waals surface area contributed by atoms with Crippen LogP contribution in [0.4, 0.5) is 10.1 Å². The van der Waals surface area contributed by atoms with Crippen LogP contribution in [-0.4, -0.2) is 29.2 Å². The van der Waals surface area contributed by atoms with Gasteiger partial charge in [-0.1, -0.05) is 38.1 Å². The molecule has 1 heterocycles. The normalized spacial score (nSPS) is 13.1. The number of halogens is 1. The van der Waals surface area contributed by atoms with Gasteiger partial charge in [0.15, 0.2) is 0 Å². The maximum absolute atomic E-state index is 13.9. The first-order chi connectivity index (χ1) is 13.0. The second kappa shape index (κ2) is 7.70. The minimum atomic E-state index is -0.720. The average molecular weight is 368 g/mol. The molecule has 3 rings (SSSR count). The van der Waals surface area contributed by atoms with Crippen molar-refractivity contribution in [3.8, 4) is 0 Å². The highest BCUT2D eigenvalue weighted by Gasteiger charge is 2.37. The minimum Gasteiger partial charge on any atom is -0.326 e. The quantitative estimate of drug-likeness (QED) is 0.793. The fourth-order valence-electron chi connectivity index (χ4n) is 3.31. The maximum atomic E-state index is 13.9. The molecule has 6 heteroatoms. The molecule has 0 radical (unpaired) electrons. The van der Waals surface area contributed by atoms with Gasteiger partial charge in [-0.15, -0.1) is 0 Å². The lowest BCUT2D eigenvalue weighted by atomic mass is 10.0. The van der Waals surface area contributed by atoms with E-state index >= 15 is 0 Å². The van der Waals surface area contributed by atoms with Crippen LogP contribution in [-0.2, 0) is 17.6 Å². The molecule has 0 fully saturated rings. The van der Waals surface area contributed by atoms with Crippen LogP contribution in [0.1, 0.15) is 52.1 Å². The molecule has 0 unspecified atom stereocenters. The molecule has 2 aromatic rings. The van der Waals surface area contributed by atoms with Gasteiger partial charge >= 0.3 is 0 Å². The number of aryl methyl sites for hydroxylation is 2. The van der Waals surface area contributed by atoms with E-state index in [9.17, 15) is 18.8 Å². The smallest absolute Gasteiger partial charge is 0.264 e. The number of nitrogens with one attached hydrogen (secondary N) is 1. The number of benzene rings is 2. The molecular formula is C21H21FN2O3. The Bertz CT molecular complexity index is 901. The summed E-state index contributed by atoms with van der Waals surface area (Å²) in [5, 5.41) is 2.90. The number of imide groups is 1. The lowest BCUT2D eigenvalue weighted by Gasteiger charge is -2.16. The van der Waals surface area contributed by atoms with E-state index in [2.05, 4.69) is 5.32 Å². The molecule has 1 aliphatic rings. The molecule has 2 aromatic carbocycles. The molecule has 0 atom stereocenters. The molecule has 5 nitrogen and oxygen atoms in total. The molecule has 3 amide bonds. The zero-order valence-corrected chi connectivity index (χ0v) is 15.3. The Morgan fingerprint density at radius 2 is 1.63 bits per heavy atom. The number of hydrogen-bond acceptors (Lipinski definition) is 3. The van der Waals surface area contributed by atoms with Gasteiger partial charge in [0.2, 0.25) is 5.91 Å². The summed E-state index contributed by atoms with van der Waals surface area (Å²) >= 11 is 0. The van der Waals surface area contributed by atoms with Crippen molar-refractivity contribution < 1.29 is 18.8 Å². The van der Waals surface area contributed by atoms with Crippen LogP contribution in [0.3, 0.4) is 0 Å². The van der Waals surface area contributed by atoms with Crippen LogP contribution >= 0.6 is 0 Å². The van der Waals surface area contributed by atoms with Crippen molar-refractivity contribution in [1.82, 2.24) is 4.90 Å². The summed E-state index contributed by atoms with van der Waals surface area (Å²) in [5.41, 5.74) is 2.69. The highest BCUT2D eigenvalue weighted by atomic mass is 19.1. The third-order valence-corrected chi connectivity index (χ3v) is 4.77.